The fraction of sp³-hybridized carbons (Fsp3) is 0.233. The molecule has 1 spiro atoms. The summed E-state index contributed by atoms with van der Waals surface area (Å²) >= 11 is 19.2. The number of aromatic nitrogens is 1. The third kappa shape index (κ3) is 4.07. The number of carboxylic acid groups (broad SMARTS) is 1. The van der Waals surface area contributed by atoms with Crippen molar-refractivity contribution in [2.45, 2.75) is 43.6 Å². The zero-order chi connectivity index (χ0) is 27.8. The molecule has 7 nitrogen and oxygen atoms in total. The summed E-state index contributed by atoms with van der Waals surface area (Å²) < 4.78 is 12.0. The molecule has 2 aliphatic carbocycles. The number of hydrogen-bond donors (Lipinski definition) is 1. The molecule has 1 aromatic heterocycles. The van der Waals surface area contributed by atoms with E-state index in [1.165, 1.54) is 12.1 Å². The molecule has 0 bridgehead atoms. The summed E-state index contributed by atoms with van der Waals surface area (Å²) in [5.74, 6) is 0.454. The molecule has 7 rings (SSSR count). The Morgan fingerprint density at radius 2 is 1.82 bits per heavy atom. The highest BCUT2D eigenvalue weighted by Crippen LogP contribution is 2.59. The van der Waals surface area contributed by atoms with E-state index in [0.717, 1.165) is 29.7 Å². The minimum Gasteiger partial charge on any atom is -0.489 e. The molecule has 2 saturated carbocycles. The number of benzene rings is 3. The maximum absolute atomic E-state index is 13.6. The van der Waals surface area contributed by atoms with Crippen molar-refractivity contribution in [2.75, 3.05) is 4.90 Å². The summed E-state index contributed by atoms with van der Waals surface area (Å²) in [7, 11) is 0. The number of ether oxygens (including phenoxy) is 1. The second-order valence-electron chi connectivity index (χ2n) is 10.4. The van der Waals surface area contributed by atoms with Crippen LogP contribution < -0.4 is 9.64 Å². The number of fused-ring (bicyclic) bond motifs is 2. The molecule has 0 atom stereocenters. The molecule has 2 heterocycles. The average molecular weight is 596 g/mol. The van der Waals surface area contributed by atoms with Crippen LogP contribution in [0.2, 0.25) is 15.1 Å². The summed E-state index contributed by atoms with van der Waals surface area (Å²) in [5, 5.41) is 15.0. The van der Waals surface area contributed by atoms with Crippen LogP contribution in [0.15, 0.2) is 59.1 Å². The number of carboxylic acids is 1. The number of amides is 1. The molecule has 0 saturated heterocycles. The number of anilines is 2. The van der Waals surface area contributed by atoms with Crippen molar-refractivity contribution in [3.8, 4) is 17.0 Å². The fourth-order valence-electron chi connectivity index (χ4n) is 5.52. The Bertz CT molecular complexity index is 1700. The summed E-state index contributed by atoms with van der Waals surface area (Å²) in [4.78, 5) is 26.8. The van der Waals surface area contributed by atoms with Gasteiger partial charge in [-0.15, -0.1) is 0 Å². The predicted molar refractivity (Wildman–Crippen MR) is 151 cm³/mol. The van der Waals surface area contributed by atoms with E-state index >= 15 is 0 Å². The van der Waals surface area contributed by atoms with E-state index in [4.69, 9.17) is 44.1 Å². The van der Waals surface area contributed by atoms with Gasteiger partial charge in [0.2, 0.25) is 5.91 Å². The van der Waals surface area contributed by atoms with Crippen LogP contribution in [-0.2, 0) is 16.8 Å². The van der Waals surface area contributed by atoms with E-state index in [1.54, 1.807) is 35.2 Å². The Labute approximate surface area is 244 Å². The summed E-state index contributed by atoms with van der Waals surface area (Å²) in [6.07, 6.45) is 3.45. The highest BCUT2D eigenvalue weighted by atomic mass is 35.5. The molecule has 1 amide bonds. The van der Waals surface area contributed by atoms with Crippen molar-refractivity contribution >= 4 is 58.1 Å². The van der Waals surface area contributed by atoms with Crippen molar-refractivity contribution in [3.63, 3.8) is 0 Å². The molecular formula is C30H21Cl3N2O5. The number of aromatic carboxylic acids is 1. The number of hydrogen-bond acceptors (Lipinski definition) is 5. The first-order valence-corrected chi connectivity index (χ1v) is 14.0. The SMILES string of the molecule is O=C(O)c1cc(Cl)cc(N2C(=O)C3(CC3)c3cc(OCc4c(-c5c(Cl)cccc5Cl)noc4C4CC4)ccc32)c1. The van der Waals surface area contributed by atoms with Gasteiger partial charge in [-0.05, 0) is 79.8 Å². The number of carbonyl (C=O) groups is 2. The first kappa shape index (κ1) is 25.4. The van der Waals surface area contributed by atoms with Gasteiger partial charge in [-0.25, -0.2) is 4.79 Å². The molecule has 2 fully saturated rings. The van der Waals surface area contributed by atoms with Crippen LogP contribution in [-0.4, -0.2) is 22.1 Å². The normalized spacial score (nSPS) is 16.9. The van der Waals surface area contributed by atoms with E-state index in [1.807, 2.05) is 12.1 Å². The largest absolute Gasteiger partial charge is 0.489 e. The molecular weight excluding hydrogens is 575 g/mol. The summed E-state index contributed by atoms with van der Waals surface area (Å²) in [5.41, 5.74) is 3.32. The highest BCUT2D eigenvalue weighted by Gasteiger charge is 2.59. The molecule has 3 aliphatic rings. The molecule has 40 heavy (non-hydrogen) atoms. The Kier molecular flexibility index (Phi) is 5.89. The fourth-order valence-corrected chi connectivity index (χ4v) is 6.32. The van der Waals surface area contributed by atoms with Crippen LogP contribution in [0, 0.1) is 0 Å². The van der Waals surface area contributed by atoms with Gasteiger partial charge in [0, 0.05) is 16.5 Å². The Morgan fingerprint density at radius 3 is 2.50 bits per heavy atom. The van der Waals surface area contributed by atoms with Crippen LogP contribution in [0.3, 0.4) is 0 Å². The zero-order valence-corrected chi connectivity index (χ0v) is 23.2. The Morgan fingerprint density at radius 1 is 1.07 bits per heavy atom. The van der Waals surface area contributed by atoms with Crippen molar-refractivity contribution in [1.82, 2.24) is 5.16 Å². The lowest BCUT2D eigenvalue weighted by atomic mass is 9.98. The molecule has 3 aromatic carbocycles. The third-order valence-electron chi connectivity index (χ3n) is 7.82. The van der Waals surface area contributed by atoms with Crippen LogP contribution >= 0.6 is 34.8 Å². The number of carbonyl (C=O) groups excluding carboxylic acids is 1. The van der Waals surface area contributed by atoms with Gasteiger partial charge < -0.3 is 14.4 Å². The molecule has 4 aromatic rings. The smallest absolute Gasteiger partial charge is 0.335 e. The van der Waals surface area contributed by atoms with Gasteiger partial charge >= 0.3 is 5.97 Å². The quantitative estimate of drug-likeness (QED) is 0.232. The van der Waals surface area contributed by atoms with E-state index in [-0.39, 0.29) is 29.0 Å². The molecule has 0 unspecified atom stereocenters. The first-order valence-electron chi connectivity index (χ1n) is 12.9. The van der Waals surface area contributed by atoms with E-state index in [2.05, 4.69) is 5.16 Å². The zero-order valence-electron chi connectivity index (χ0n) is 20.9. The maximum Gasteiger partial charge on any atom is 0.335 e. The minimum absolute atomic E-state index is 0.0168. The lowest BCUT2D eigenvalue weighted by Gasteiger charge is -2.19. The molecule has 1 aliphatic heterocycles. The second-order valence-corrected chi connectivity index (χ2v) is 11.7. The van der Waals surface area contributed by atoms with Crippen molar-refractivity contribution in [2.24, 2.45) is 0 Å². The van der Waals surface area contributed by atoms with Gasteiger partial charge in [-0.1, -0.05) is 46.0 Å². The van der Waals surface area contributed by atoms with Gasteiger partial charge in [0.25, 0.3) is 0 Å². The first-order chi connectivity index (χ1) is 19.3. The van der Waals surface area contributed by atoms with Crippen LogP contribution in [0.5, 0.6) is 5.75 Å². The highest BCUT2D eigenvalue weighted by molar-refractivity contribution is 6.39. The van der Waals surface area contributed by atoms with Crippen LogP contribution in [0.25, 0.3) is 11.3 Å². The van der Waals surface area contributed by atoms with Gasteiger partial charge in [-0.2, -0.15) is 0 Å². The minimum atomic E-state index is -1.11. The number of nitrogens with zero attached hydrogens (tertiary/aromatic N) is 2. The Hall–Kier alpha value is -3.52. The topological polar surface area (TPSA) is 92.9 Å². The van der Waals surface area contributed by atoms with Crippen LogP contribution in [0.4, 0.5) is 11.4 Å². The van der Waals surface area contributed by atoms with E-state index in [0.29, 0.717) is 51.3 Å². The third-order valence-corrected chi connectivity index (χ3v) is 8.67. The second kappa shape index (κ2) is 9.26. The van der Waals surface area contributed by atoms with E-state index in [9.17, 15) is 14.7 Å². The predicted octanol–water partition coefficient (Wildman–Crippen LogP) is 8.17. The lowest BCUT2D eigenvalue weighted by molar-refractivity contribution is -0.119. The molecule has 202 valence electrons. The van der Waals surface area contributed by atoms with Crippen molar-refractivity contribution in [1.29, 1.82) is 0 Å². The molecule has 0 radical (unpaired) electrons. The maximum atomic E-state index is 13.6. The Balaban J connectivity index is 1.23. The van der Waals surface area contributed by atoms with Crippen molar-refractivity contribution < 1.29 is 24.0 Å². The van der Waals surface area contributed by atoms with Crippen molar-refractivity contribution in [3.05, 3.63) is 92.1 Å². The number of rotatable bonds is 7. The van der Waals surface area contributed by atoms with Gasteiger partial charge in [-0.3, -0.25) is 9.69 Å². The van der Waals surface area contributed by atoms with Gasteiger partial charge in [0.05, 0.1) is 38.0 Å². The van der Waals surface area contributed by atoms with Crippen LogP contribution in [0.1, 0.15) is 58.8 Å². The molecule has 1 N–H and O–H groups in total. The lowest BCUT2D eigenvalue weighted by Crippen LogP contribution is -2.28. The number of halogens is 3. The summed E-state index contributed by atoms with van der Waals surface area (Å²) in [6.45, 7) is 0.186. The average Bonchev–Trinajstić information content (AvgIpc) is 3.85. The van der Waals surface area contributed by atoms with Gasteiger partial charge in [0.15, 0.2) is 0 Å². The van der Waals surface area contributed by atoms with Gasteiger partial charge in [0.1, 0.15) is 23.8 Å². The van der Waals surface area contributed by atoms with E-state index < -0.39 is 11.4 Å². The molecule has 10 heteroatoms. The standard InChI is InChI=1S/C30H21Cl3N2O5/c31-17-10-16(28(36)37)11-18(12-17)35-24-7-6-19(13-21(24)30(8-9-30)29(35)38)39-14-20-26(34-40-27(20)15-4-5-15)25-22(32)2-1-3-23(25)33/h1-3,6-7,10-13,15H,4-5,8-9,14H2,(H,36,37). The summed E-state index contributed by atoms with van der Waals surface area (Å²) in [6, 6.07) is 15.3. The monoisotopic (exact) mass is 594 g/mol.